The maximum Gasteiger partial charge on any atom is 0.128 e. The number of nitrogens with two attached hydrogens (primary N) is 1. The molecule has 2 rings (SSSR count). The number of fused-ring (bicyclic) bond motifs is 1. The first-order valence-corrected chi connectivity index (χ1v) is 6.12. The maximum absolute atomic E-state index is 13.8. The molecule has 0 bridgehead atoms. The summed E-state index contributed by atoms with van der Waals surface area (Å²) < 4.78 is 14.4. The summed E-state index contributed by atoms with van der Waals surface area (Å²) >= 11 is 9.39. The largest absolute Gasteiger partial charge is 0.324 e. The van der Waals surface area contributed by atoms with Crippen LogP contribution in [0.15, 0.2) is 10.5 Å². The average Bonchev–Trinajstić information content (AvgIpc) is 2.18. The Labute approximate surface area is 102 Å². The SMILES string of the molecule is CC1CCC(N)c2c(Cl)c(Br)cc(F)c21. The molecule has 0 heterocycles. The highest BCUT2D eigenvalue weighted by molar-refractivity contribution is 9.10. The fourth-order valence-electron chi connectivity index (χ4n) is 2.21. The first-order valence-electron chi connectivity index (χ1n) is 4.95. The summed E-state index contributed by atoms with van der Waals surface area (Å²) in [5.74, 6) is -0.00525. The molecule has 1 aliphatic rings. The van der Waals surface area contributed by atoms with Crippen LogP contribution in [0.2, 0.25) is 5.02 Å². The molecule has 82 valence electrons. The summed E-state index contributed by atoms with van der Waals surface area (Å²) in [6, 6.07) is 1.28. The lowest BCUT2D eigenvalue weighted by Crippen LogP contribution is -2.21. The van der Waals surface area contributed by atoms with Gasteiger partial charge in [-0.1, -0.05) is 18.5 Å². The minimum absolute atomic E-state index is 0.143. The molecule has 0 radical (unpaired) electrons. The molecule has 15 heavy (non-hydrogen) atoms. The molecule has 0 aliphatic heterocycles. The van der Waals surface area contributed by atoms with Crippen molar-refractivity contribution in [3.63, 3.8) is 0 Å². The lowest BCUT2D eigenvalue weighted by molar-refractivity contribution is 0.482. The fourth-order valence-corrected chi connectivity index (χ4v) is 2.92. The molecule has 2 atom stereocenters. The summed E-state index contributed by atoms with van der Waals surface area (Å²) in [5, 5.41) is 0.561. The fraction of sp³-hybridized carbons (Fsp3) is 0.455. The third kappa shape index (κ3) is 1.81. The molecular weight excluding hydrogens is 280 g/mol. The van der Waals surface area contributed by atoms with E-state index >= 15 is 0 Å². The topological polar surface area (TPSA) is 26.0 Å². The van der Waals surface area contributed by atoms with Gasteiger partial charge in [0.15, 0.2) is 0 Å². The van der Waals surface area contributed by atoms with Crippen LogP contribution in [0.3, 0.4) is 0 Å². The van der Waals surface area contributed by atoms with Gasteiger partial charge >= 0.3 is 0 Å². The van der Waals surface area contributed by atoms with Crippen molar-refractivity contribution >= 4 is 27.5 Å². The highest BCUT2D eigenvalue weighted by atomic mass is 79.9. The van der Waals surface area contributed by atoms with Crippen LogP contribution in [0.1, 0.15) is 42.9 Å². The van der Waals surface area contributed by atoms with Gasteiger partial charge in [-0.15, -0.1) is 0 Å². The Morgan fingerprint density at radius 2 is 2.13 bits per heavy atom. The summed E-state index contributed by atoms with van der Waals surface area (Å²) in [6.07, 6.45) is 1.78. The molecule has 0 amide bonds. The van der Waals surface area contributed by atoms with Crippen molar-refractivity contribution in [2.45, 2.75) is 31.7 Å². The molecular formula is C11H12BrClFN. The highest BCUT2D eigenvalue weighted by Crippen LogP contribution is 2.43. The van der Waals surface area contributed by atoms with Gasteiger partial charge in [-0.3, -0.25) is 0 Å². The monoisotopic (exact) mass is 291 g/mol. The predicted octanol–water partition coefficient (Wildman–Crippen LogP) is 4.14. The second kappa shape index (κ2) is 4.04. The summed E-state index contributed by atoms with van der Waals surface area (Å²) in [4.78, 5) is 0. The van der Waals surface area contributed by atoms with Gasteiger partial charge in [0.2, 0.25) is 0 Å². The Bertz CT molecular complexity index is 408. The van der Waals surface area contributed by atoms with Crippen molar-refractivity contribution in [2.75, 3.05) is 0 Å². The van der Waals surface area contributed by atoms with E-state index in [1.807, 2.05) is 6.92 Å². The van der Waals surface area contributed by atoms with Crippen LogP contribution >= 0.6 is 27.5 Å². The lowest BCUT2D eigenvalue weighted by atomic mass is 9.81. The van der Waals surface area contributed by atoms with Gasteiger partial charge in [0, 0.05) is 10.5 Å². The van der Waals surface area contributed by atoms with Crippen molar-refractivity contribution < 1.29 is 4.39 Å². The quantitative estimate of drug-likeness (QED) is 0.715. The van der Waals surface area contributed by atoms with Gasteiger partial charge in [0.25, 0.3) is 0 Å². The maximum atomic E-state index is 13.8. The van der Waals surface area contributed by atoms with Gasteiger partial charge in [0.05, 0.1) is 5.02 Å². The molecule has 0 saturated heterocycles. The molecule has 1 aliphatic carbocycles. The van der Waals surface area contributed by atoms with Crippen LogP contribution in [0, 0.1) is 5.82 Å². The summed E-state index contributed by atoms with van der Waals surface area (Å²) in [7, 11) is 0. The second-order valence-electron chi connectivity index (χ2n) is 4.07. The number of benzene rings is 1. The zero-order chi connectivity index (χ0) is 11.2. The van der Waals surface area contributed by atoms with Crippen LogP contribution in [0.25, 0.3) is 0 Å². The molecule has 4 heteroatoms. The second-order valence-corrected chi connectivity index (χ2v) is 5.30. The zero-order valence-electron chi connectivity index (χ0n) is 8.36. The van der Waals surface area contributed by atoms with Crippen LogP contribution in [-0.2, 0) is 0 Å². The van der Waals surface area contributed by atoms with Crippen molar-refractivity contribution in [1.82, 2.24) is 0 Å². The van der Waals surface area contributed by atoms with Crippen molar-refractivity contribution in [1.29, 1.82) is 0 Å². The van der Waals surface area contributed by atoms with E-state index in [-0.39, 0.29) is 17.8 Å². The molecule has 1 aromatic rings. The number of rotatable bonds is 0. The third-order valence-corrected chi connectivity index (χ3v) is 4.28. The van der Waals surface area contributed by atoms with E-state index in [2.05, 4.69) is 15.9 Å². The Morgan fingerprint density at radius 3 is 2.80 bits per heavy atom. The van der Waals surface area contributed by atoms with Gasteiger partial charge in [-0.05, 0) is 51.9 Å². The number of hydrogen-bond acceptors (Lipinski definition) is 1. The van der Waals surface area contributed by atoms with Gasteiger partial charge in [0.1, 0.15) is 5.82 Å². The zero-order valence-corrected chi connectivity index (χ0v) is 10.7. The minimum Gasteiger partial charge on any atom is -0.324 e. The smallest absolute Gasteiger partial charge is 0.128 e. The van der Waals surface area contributed by atoms with Crippen molar-refractivity contribution in [3.05, 3.63) is 32.5 Å². The molecule has 1 nitrogen and oxygen atoms in total. The average molecular weight is 293 g/mol. The minimum atomic E-state index is -0.205. The molecule has 0 aromatic heterocycles. The Hall–Kier alpha value is -0.120. The molecule has 2 unspecified atom stereocenters. The Morgan fingerprint density at radius 1 is 1.47 bits per heavy atom. The third-order valence-electron chi connectivity index (χ3n) is 3.02. The lowest BCUT2D eigenvalue weighted by Gasteiger charge is -2.29. The van der Waals surface area contributed by atoms with E-state index in [1.165, 1.54) is 6.07 Å². The van der Waals surface area contributed by atoms with E-state index < -0.39 is 0 Å². The van der Waals surface area contributed by atoms with Gasteiger partial charge in [-0.2, -0.15) is 0 Å². The van der Waals surface area contributed by atoms with E-state index in [9.17, 15) is 4.39 Å². The molecule has 0 fully saturated rings. The Kier molecular flexibility index (Phi) is 3.06. The van der Waals surface area contributed by atoms with Crippen LogP contribution < -0.4 is 5.73 Å². The first kappa shape index (κ1) is 11.4. The number of halogens is 3. The van der Waals surface area contributed by atoms with E-state index in [1.54, 1.807) is 0 Å². The van der Waals surface area contributed by atoms with E-state index in [4.69, 9.17) is 17.3 Å². The highest BCUT2D eigenvalue weighted by Gasteiger charge is 2.28. The molecule has 0 spiro atoms. The van der Waals surface area contributed by atoms with Crippen molar-refractivity contribution in [2.24, 2.45) is 5.73 Å². The van der Waals surface area contributed by atoms with Crippen LogP contribution in [0.5, 0.6) is 0 Å². The molecule has 1 aromatic carbocycles. The first-order chi connectivity index (χ1) is 7.02. The predicted molar refractivity (Wildman–Crippen MR) is 63.7 cm³/mol. The van der Waals surface area contributed by atoms with Crippen LogP contribution in [0.4, 0.5) is 4.39 Å². The standard InChI is InChI=1S/C11H12BrClFN/c1-5-2-3-8(15)10-9(5)7(14)4-6(12)11(10)13/h4-5,8H,2-3,15H2,1H3. The summed E-state index contributed by atoms with van der Waals surface area (Å²) in [5.41, 5.74) is 7.45. The van der Waals surface area contributed by atoms with Gasteiger partial charge in [-0.25, -0.2) is 4.39 Å². The molecule has 2 N–H and O–H groups in total. The number of hydrogen-bond donors (Lipinski definition) is 1. The molecule has 0 saturated carbocycles. The van der Waals surface area contributed by atoms with Crippen molar-refractivity contribution in [3.8, 4) is 0 Å². The van der Waals surface area contributed by atoms with Crippen LogP contribution in [-0.4, -0.2) is 0 Å². The van der Waals surface area contributed by atoms with E-state index in [0.717, 1.165) is 18.4 Å². The normalized spacial score (nSPS) is 25.1. The Balaban J connectivity index is 2.71. The van der Waals surface area contributed by atoms with Gasteiger partial charge < -0.3 is 5.73 Å². The summed E-state index contributed by atoms with van der Waals surface area (Å²) in [6.45, 7) is 2.01. The van der Waals surface area contributed by atoms with E-state index in [0.29, 0.717) is 15.1 Å².